The van der Waals surface area contributed by atoms with E-state index < -0.39 is 26.1 Å². The van der Waals surface area contributed by atoms with Crippen LogP contribution in [0.2, 0.25) is 0 Å². The van der Waals surface area contributed by atoms with Gasteiger partial charge in [0.25, 0.3) is 0 Å². The van der Waals surface area contributed by atoms with E-state index in [0.29, 0.717) is 0 Å². The van der Waals surface area contributed by atoms with Crippen LogP contribution < -0.4 is 0 Å². The van der Waals surface area contributed by atoms with E-state index in [1.165, 1.54) is 0 Å². The van der Waals surface area contributed by atoms with E-state index in [0.717, 1.165) is 32.1 Å². The third kappa shape index (κ3) is 7.95. The van der Waals surface area contributed by atoms with Crippen molar-refractivity contribution in [3.05, 3.63) is 0 Å². The van der Waals surface area contributed by atoms with Gasteiger partial charge in [0.1, 0.15) is 0 Å². The average Bonchev–Trinajstić information content (AvgIpc) is 2.25. The summed E-state index contributed by atoms with van der Waals surface area (Å²) in [6.45, 7) is 0. The van der Waals surface area contributed by atoms with Gasteiger partial charge in [0.2, 0.25) is 0 Å². The second-order valence-electron chi connectivity index (χ2n) is 5.51. The van der Waals surface area contributed by atoms with Gasteiger partial charge in [-0.05, 0) is 24.7 Å². The van der Waals surface area contributed by atoms with Crippen LogP contribution in [0.15, 0.2) is 0 Å². The summed E-state index contributed by atoms with van der Waals surface area (Å²) >= 11 is 0. The Morgan fingerprint density at radius 1 is 1.16 bits per heavy atom. The Labute approximate surface area is 111 Å². The van der Waals surface area contributed by atoms with Crippen molar-refractivity contribution in [3.63, 3.8) is 0 Å². The average molecular weight is 302 g/mol. The van der Waals surface area contributed by atoms with Crippen molar-refractivity contribution in [1.82, 2.24) is 0 Å². The molecule has 0 radical (unpaired) electrons. The van der Waals surface area contributed by atoms with Gasteiger partial charge in [-0.15, -0.1) is 0 Å². The maximum absolute atomic E-state index is 12.6. The molecule has 0 amide bonds. The van der Waals surface area contributed by atoms with Gasteiger partial charge in [-0.3, -0.25) is 4.57 Å². The van der Waals surface area contributed by atoms with Crippen LogP contribution in [0.5, 0.6) is 0 Å². The second-order valence-corrected chi connectivity index (χ2v) is 7.28. The van der Waals surface area contributed by atoms with E-state index in [9.17, 15) is 17.7 Å². The Morgan fingerprint density at radius 2 is 1.74 bits per heavy atom. The fourth-order valence-electron chi connectivity index (χ4n) is 2.97. The lowest BCUT2D eigenvalue weighted by Crippen LogP contribution is -2.24. The van der Waals surface area contributed by atoms with Crippen molar-refractivity contribution in [1.29, 1.82) is 0 Å². The topological polar surface area (TPSA) is 57.5 Å². The predicted octanol–water partition coefficient (Wildman–Crippen LogP) is 4.09. The first kappa shape index (κ1) is 17.0. The lowest BCUT2D eigenvalue weighted by molar-refractivity contribution is -0.150. The van der Waals surface area contributed by atoms with Crippen LogP contribution in [0.1, 0.15) is 51.4 Å². The van der Waals surface area contributed by atoms with E-state index in [1.54, 1.807) is 0 Å². The summed E-state index contributed by atoms with van der Waals surface area (Å²) in [5.74, 6) is -0.418. The van der Waals surface area contributed by atoms with Gasteiger partial charge in [-0.2, -0.15) is 13.2 Å². The molecular formula is C12H22F3O3P. The number of halogens is 3. The summed E-state index contributed by atoms with van der Waals surface area (Å²) in [5.41, 5.74) is 0. The molecule has 0 heterocycles. The van der Waals surface area contributed by atoms with Crippen LogP contribution in [0.25, 0.3) is 0 Å². The molecule has 0 aliphatic heterocycles. The van der Waals surface area contributed by atoms with E-state index >= 15 is 0 Å². The van der Waals surface area contributed by atoms with Crippen LogP contribution >= 0.6 is 7.60 Å². The molecule has 1 atom stereocenters. The molecule has 1 rings (SSSR count). The zero-order valence-corrected chi connectivity index (χ0v) is 11.8. The van der Waals surface area contributed by atoms with E-state index in [2.05, 4.69) is 0 Å². The summed E-state index contributed by atoms with van der Waals surface area (Å²) in [7, 11) is -4.09. The lowest BCUT2D eigenvalue weighted by atomic mass is 9.76. The smallest absolute Gasteiger partial charge is 0.324 e. The van der Waals surface area contributed by atoms with Crippen molar-refractivity contribution in [2.75, 3.05) is 6.16 Å². The van der Waals surface area contributed by atoms with Gasteiger partial charge in [-0.1, -0.05) is 32.1 Å². The first-order valence-electron chi connectivity index (χ1n) is 6.79. The molecule has 0 saturated heterocycles. The summed E-state index contributed by atoms with van der Waals surface area (Å²) in [5, 5.41) is 0. The Bertz CT molecular complexity index is 308. The molecule has 2 N–H and O–H groups in total. The van der Waals surface area contributed by atoms with Gasteiger partial charge in [0.15, 0.2) is 0 Å². The second kappa shape index (κ2) is 7.09. The van der Waals surface area contributed by atoms with Crippen molar-refractivity contribution in [2.45, 2.75) is 57.5 Å². The summed E-state index contributed by atoms with van der Waals surface area (Å²) in [6.07, 6.45) is -0.242. The Morgan fingerprint density at radius 3 is 2.21 bits per heavy atom. The molecule has 0 spiro atoms. The highest BCUT2D eigenvalue weighted by Gasteiger charge is 2.35. The van der Waals surface area contributed by atoms with Crippen molar-refractivity contribution in [2.24, 2.45) is 11.8 Å². The van der Waals surface area contributed by atoms with Crippen LogP contribution in [-0.4, -0.2) is 22.1 Å². The van der Waals surface area contributed by atoms with Gasteiger partial charge in [-0.25, -0.2) is 0 Å². The van der Waals surface area contributed by atoms with Crippen molar-refractivity contribution in [3.8, 4) is 0 Å². The third-order valence-electron chi connectivity index (χ3n) is 3.83. The highest BCUT2D eigenvalue weighted by atomic mass is 31.2. The molecular weight excluding hydrogens is 280 g/mol. The normalized spacial score (nSPS) is 20.5. The molecule has 3 nitrogen and oxygen atoms in total. The number of rotatable bonds is 6. The molecule has 1 fully saturated rings. The first-order valence-corrected chi connectivity index (χ1v) is 8.58. The minimum Gasteiger partial charge on any atom is -0.324 e. The van der Waals surface area contributed by atoms with E-state index in [4.69, 9.17) is 9.79 Å². The van der Waals surface area contributed by atoms with Crippen molar-refractivity contribution < 1.29 is 27.5 Å². The fraction of sp³-hybridized carbons (Fsp3) is 1.00. The largest absolute Gasteiger partial charge is 0.389 e. The van der Waals surface area contributed by atoms with Gasteiger partial charge in [0, 0.05) is 12.6 Å². The zero-order valence-electron chi connectivity index (χ0n) is 10.9. The highest BCUT2D eigenvalue weighted by molar-refractivity contribution is 7.51. The minimum atomic E-state index is -4.19. The zero-order chi connectivity index (χ0) is 14.5. The molecule has 0 bridgehead atoms. The van der Waals surface area contributed by atoms with Gasteiger partial charge >= 0.3 is 13.8 Å². The molecule has 1 unspecified atom stereocenters. The van der Waals surface area contributed by atoms with Gasteiger partial charge < -0.3 is 9.79 Å². The number of hydrogen-bond acceptors (Lipinski definition) is 1. The monoisotopic (exact) mass is 302 g/mol. The predicted molar refractivity (Wildman–Crippen MR) is 66.9 cm³/mol. The molecule has 114 valence electrons. The molecule has 0 aromatic heterocycles. The fourth-order valence-corrected chi connectivity index (χ4v) is 3.56. The first-order chi connectivity index (χ1) is 8.67. The molecule has 0 aromatic rings. The molecule has 19 heavy (non-hydrogen) atoms. The maximum Gasteiger partial charge on any atom is 0.389 e. The Balaban J connectivity index is 2.51. The van der Waals surface area contributed by atoms with E-state index in [1.807, 2.05) is 0 Å². The number of hydrogen-bond donors (Lipinski definition) is 2. The lowest BCUT2D eigenvalue weighted by Gasteiger charge is -2.31. The summed E-state index contributed by atoms with van der Waals surface area (Å²) < 4.78 is 48.5. The number of alkyl halides is 3. The van der Waals surface area contributed by atoms with Crippen LogP contribution in [0.3, 0.4) is 0 Å². The van der Waals surface area contributed by atoms with Crippen LogP contribution in [0, 0.1) is 11.8 Å². The summed E-state index contributed by atoms with van der Waals surface area (Å²) in [6, 6.07) is 0. The molecule has 0 aromatic carbocycles. The Kier molecular flexibility index (Phi) is 6.34. The molecule has 1 aliphatic rings. The molecule has 1 aliphatic carbocycles. The highest BCUT2D eigenvalue weighted by Crippen LogP contribution is 2.41. The maximum atomic E-state index is 12.6. The van der Waals surface area contributed by atoms with E-state index in [-0.39, 0.29) is 24.9 Å². The SMILES string of the molecule is O=P(O)(O)CCCC(CC(F)(F)F)C1CCCCC1. The van der Waals surface area contributed by atoms with Crippen LogP contribution in [-0.2, 0) is 4.57 Å². The third-order valence-corrected chi connectivity index (χ3v) is 4.73. The Hall–Kier alpha value is -0.0600. The summed E-state index contributed by atoms with van der Waals surface area (Å²) in [4.78, 5) is 17.5. The van der Waals surface area contributed by atoms with Crippen molar-refractivity contribution >= 4 is 7.60 Å². The minimum absolute atomic E-state index is 0.0622. The van der Waals surface area contributed by atoms with Crippen LogP contribution in [0.4, 0.5) is 13.2 Å². The quantitative estimate of drug-likeness (QED) is 0.726. The molecule has 1 saturated carbocycles. The van der Waals surface area contributed by atoms with Gasteiger partial charge in [0.05, 0.1) is 0 Å². The molecule has 7 heteroatoms. The standard InChI is InChI=1S/C12H22F3O3P/c13-12(14,15)9-11(7-4-8-19(16,17)18)10-5-2-1-3-6-10/h10-11H,1-9H2,(H2,16,17,18).